The lowest BCUT2D eigenvalue weighted by Crippen LogP contribution is -2.18. The molecule has 2 rings (SSSR count). The first-order valence-electron chi connectivity index (χ1n) is 9.20. The molecular weight excluding hydrogens is 294 g/mol. The van der Waals surface area contributed by atoms with Gasteiger partial charge in [-0.2, -0.15) is 0 Å². The molecule has 0 fully saturated rings. The smallest absolute Gasteiger partial charge is 0.119 e. The molecular formula is C22H31NO. The minimum absolute atomic E-state index is 0.323. The molecule has 1 atom stereocenters. The highest BCUT2D eigenvalue weighted by atomic mass is 16.5. The minimum Gasteiger partial charge on any atom is -0.494 e. The highest BCUT2D eigenvalue weighted by Gasteiger charge is 2.05. The van der Waals surface area contributed by atoms with Gasteiger partial charge in [-0.1, -0.05) is 68.1 Å². The summed E-state index contributed by atoms with van der Waals surface area (Å²) in [5.74, 6) is 0.973. The van der Waals surface area contributed by atoms with Gasteiger partial charge in [-0.25, -0.2) is 0 Å². The average molecular weight is 325 g/mol. The molecule has 0 aliphatic heterocycles. The summed E-state index contributed by atoms with van der Waals surface area (Å²) >= 11 is 0. The second-order valence-electron chi connectivity index (χ2n) is 6.57. The molecule has 0 bridgehead atoms. The van der Waals surface area contributed by atoms with E-state index in [0.717, 1.165) is 25.3 Å². The first-order valence-corrected chi connectivity index (χ1v) is 9.20. The van der Waals surface area contributed by atoms with E-state index in [-0.39, 0.29) is 0 Å². The second kappa shape index (κ2) is 10.1. The fourth-order valence-electron chi connectivity index (χ4n) is 2.78. The van der Waals surface area contributed by atoms with Crippen LogP contribution in [0.1, 0.15) is 62.3 Å². The molecule has 0 amide bonds. The number of benzene rings is 2. The number of ether oxygens (including phenoxy) is 1. The zero-order chi connectivity index (χ0) is 17.2. The molecule has 1 N–H and O–H groups in total. The molecule has 0 heterocycles. The predicted octanol–water partition coefficient (Wildman–Crippen LogP) is 5.80. The number of rotatable bonds is 10. The monoisotopic (exact) mass is 325 g/mol. The van der Waals surface area contributed by atoms with Crippen LogP contribution in [0.15, 0.2) is 48.5 Å². The van der Waals surface area contributed by atoms with Gasteiger partial charge in [-0.3, -0.25) is 0 Å². The average Bonchev–Trinajstić information content (AvgIpc) is 2.60. The van der Waals surface area contributed by atoms with Crippen molar-refractivity contribution in [1.82, 2.24) is 5.32 Å². The third-order valence-electron chi connectivity index (χ3n) is 4.34. The van der Waals surface area contributed by atoms with E-state index in [4.69, 9.17) is 4.74 Å². The van der Waals surface area contributed by atoms with Crippen molar-refractivity contribution in [1.29, 1.82) is 0 Å². The van der Waals surface area contributed by atoms with Crippen LogP contribution >= 0.6 is 0 Å². The van der Waals surface area contributed by atoms with Crippen LogP contribution in [-0.2, 0) is 6.54 Å². The summed E-state index contributed by atoms with van der Waals surface area (Å²) in [5, 5.41) is 3.59. The van der Waals surface area contributed by atoms with Crippen molar-refractivity contribution in [3.8, 4) is 5.75 Å². The molecule has 0 aliphatic carbocycles. The lowest BCUT2D eigenvalue weighted by Gasteiger charge is -2.15. The number of unbranched alkanes of at least 4 members (excludes halogenated alkanes) is 3. The van der Waals surface area contributed by atoms with E-state index in [1.54, 1.807) is 0 Å². The van der Waals surface area contributed by atoms with Gasteiger partial charge in [0, 0.05) is 12.6 Å². The van der Waals surface area contributed by atoms with Crippen LogP contribution in [0.25, 0.3) is 0 Å². The van der Waals surface area contributed by atoms with Crippen molar-refractivity contribution < 1.29 is 4.74 Å². The molecule has 1 unspecified atom stereocenters. The van der Waals surface area contributed by atoms with E-state index in [1.165, 1.54) is 36.0 Å². The lowest BCUT2D eigenvalue weighted by molar-refractivity contribution is 0.305. The summed E-state index contributed by atoms with van der Waals surface area (Å²) in [4.78, 5) is 0. The summed E-state index contributed by atoms with van der Waals surface area (Å²) in [7, 11) is 0. The molecule has 24 heavy (non-hydrogen) atoms. The Bertz CT molecular complexity index is 591. The summed E-state index contributed by atoms with van der Waals surface area (Å²) in [5.41, 5.74) is 3.93. The minimum atomic E-state index is 0.323. The molecule has 0 radical (unpaired) electrons. The van der Waals surface area contributed by atoms with Gasteiger partial charge >= 0.3 is 0 Å². The van der Waals surface area contributed by atoms with E-state index < -0.39 is 0 Å². The molecule has 0 saturated heterocycles. The first kappa shape index (κ1) is 18.5. The number of hydrogen-bond acceptors (Lipinski definition) is 2. The predicted molar refractivity (Wildman–Crippen MR) is 103 cm³/mol. The molecule has 130 valence electrons. The zero-order valence-electron chi connectivity index (χ0n) is 15.3. The third kappa shape index (κ3) is 6.37. The fraction of sp³-hybridized carbons (Fsp3) is 0.455. The van der Waals surface area contributed by atoms with Crippen LogP contribution in [0.2, 0.25) is 0 Å². The Morgan fingerprint density at radius 3 is 2.50 bits per heavy atom. The maximum Gasteiger partial charge on any atom is 0.119 e. The van der Waals surface area contributed by atoms with Crippen molar-refractivity contribution in [3.05, 3.63) is 65.2 Å². The Morgan fingerprint density at radius 2 is 1.79 bits per heavy atom. The van der Waals surface area contributed by atoms with Gasteiger partial charge in [-0.15, -0.1) is 0 Å². The maximum atomic E-state index is 5.81. The van der Waals surface area contributed by atoms with Crippen molar-refractivity contribution in [2.45, 2.75) is 59.0 Å². The molecule has 2 nitrogen and oxygen atoms in total. The van der Waals surface area contributed by atoms with Crippen LogP contribution in [0.4, 0.5) is 0 Å². The van der Waals surface area contributed by atoms with Crippen LogP contribution in [0.5, 0.6) is 5.75 Å². The van der Waals surface area contributed by atoms with Crippen LogP contribution in [-0.4, -0.2) is 6.61 Å². The Labute approximate surface area is 147 Å². The van der Waals surface area contributed by atoms with E-state index in [1.807, 2.05) is 0 Å². The number of aryl methyl sites for hydroxylation is 1. The Kier molecular flexibility index (Phi) is 7.84. The summed E-state index contributed by atoms with van der Waals surface area (Å²) in [6.07, 6.45) is 4.97. The Morgan fingerprint density at radius 1 is 1.00 bits per heavy atom. The highest BCUT2D eigenvalue weighted by Crippen LogP contribution is 2.18. The normalized spacial score (nSPS) is 12.1. The van der Waals surface area contributed by atoms with Crippen LogP contribution in [0, 0.1) is 6.92 Å². The third-order valence-corrected chi connectivity index (χ3v) is 4.34. The maximum absolute atomic E-state index is 5.81. The van der Waals surface area contributed by atoms with E-state index in [0.29, 0.717) is 6.04 Å². The van der Waals surface area contributed by atoms with E-state index >= 15 is 0 Å². The quantitative estimate of drug-likeness (QED) is 0.557. The standard InChI is InChI=1S/C22H31NO/c1-4-5-6-7-15-24-22-13-11-21(12-14-22)19(3)23-17-20-10-8-9-18(2)16-20/h8-14,16,19,23H,4-7,15,17H2,1-3H3. The molecule has 0 saturated carbocycles. The van der Waals surface area contributed by atoms with Gasteiger partial charge in [0.2, 0.25) is 0 Å². The summed E-state index contributed by atoms with van der Waals surface area (Å²) < 4.78 is 5.81. The first-order chi connectivity index (χ1) is 11.7. The summed E-state index contributed by atoms with van der Waals surface area (Å²) in [6, 6.07) is 17.5. The van der Waals surface area contributed by atoms with Gasteiger partial charge in [0.25, 0.3) is 0 Å². The number of hydrogen-bond donors (Lipinski definition) is 1. The van der Waals surface area contributed by atoms with E-state index in [2.05, 4.69) is 74.6 Å². The van der Waals surface area contributed by atoms with Gasteiger partial charge in [0.05, 0.1) is 6.61 Å². The van der Waals surface area contributed by atoms with Crippen LogP contribution in [0.3, 0.4) is 0 Å². The molecule has 2 heteroatoms. The van der Waals surface area contributed by atoms with E-state index in [9.17, 15) is 0 Å². The Hall–Kier alpha value is -1.80. The zero-order valence-corrected chi connectivity index (χ0v) is 15.3. The highest BCUT2D eigenvalue weighted by molar-refractivity contribution is 5.29. The molecule has 0 aliphatic rings. The van der Waals surface area contributed by atoms with Crippen molar-refractivity contribution in [2.24, 2.45) is 0 Å². The van der Waals surface area contributed by atoms with Crippen molar-refractivity contribution >= 4 is 0 Å². The molecule has 2 aromatic carbocycles. The van der Waals surface area contributed by atoms with Gasteiger partial charge < -0.3 is 10.1 Å². The molecule has 2 aromatic rings. The Balaban J connectivity index is 1.77. The second-order valence-corrected chi connectivity index (χ2v) is 6.57. The topological polar surface area (TPSA) is 21.3 Å². The van der Waals surface area contributed by atoms with Gasteiger partial charge in [0.1, 0.15) is 5.75 Å². The van der Waals surface area contributed by atoms with Gasteiger partial charge in [-0.05, 0) is 43.5 Å². The van der Waals surface area contributed by atoms with Crippen LogP contribution < -0.4 is 10.1 Å². The molecule has 0 spiro atoms. The molecule has 0 aromatic heterocycles. The van der Waals surface area contributed by atoms with Crippen molar-refractivity contribution in [2.75, 3.05) is 6.61 Å². The lowest BCUT2D eigenvalue weighted by atomic mass is 10.1. The SMILES string of the molecule is CCCCCCOc1ccc(C(C)NCc2cccc(C)c2)cc1. The summed E-state index contributed by atoms with van der Waals surface area (Å²) in [6.45, 7) is 8.27. The fourth-order valence-corrected chi connectivity index (χ4v) is 2.78. The van der Waals surface area contributed by atoms with Crippen molar-refractivity contribution in [3.63, 3.8) is 0 Å². The largest absolute Gasteiger partial charge is 0.494 e. The van der Waals surface area contributed by atoms with Gasteiger partial charge in [0.15, 0.2) is 0 Å². The number of nitrogens with one attached hydrogen (secondary N) is 1.